The molecule has 0 saturated carbocycles. The SMILES string of the molecule is N[C@H]1COc2ccccc2N(CC(=O)N[C@@H](C[C@@H]2CCNC2=O)C(=O)COC(=O)c2c(Cl)cccc2Cl)C1=O. The first kappa shape index (κ1) is 28.3. The third kappa shape index (κ3) is 6.67. The summed E-state index contributed by atoms with van der Waals surface area (Å²) >= 11 is 12.1. The van der Waals surface area contributed by atoms with Gasteiger partial charge in [-0.1, -0.05) is 41.4 Å². The molecule has 2 aliphatic rings. The number of anilines is 1. The van der Waals surface area contributed by atoms with Gasteiger partial charge in [0.25, 0.3) is 0 Å². The number of hydrogen-bond donors (Lipinski definition) is 3. The minimum Gasteiger partial charge on any atom is -0.489 e. The molecule has 4 N–H and O–H groups in total. The van der Waals surface area contributed by atoms with Crippen LogP contribution in [0.2, 0.25) is 10.0 Å². The number of Topliss-reactive ketones (excluding diaryl/α,β-unsaturated/α-hetero) is 1. The summed E-state index contributed by atoms with van der Waals surface area (Å²) in [6.45, 7) is -0.783. The van der Waals surface area contributed by atoms with Crippen molar-refractivity contribution >= 4 is 58.4 Å². The molecule has 0 bridgehead atoms. The number of nitrogens with two attached hydrogens (primary N) is 1. The van der Waals surface area contributed by atoms with Gasteiger partial charge in [-0.05, 0) is 37.1 Å². The number of benzene rings is 2. The normalized spacial score (nSPS) is 19.3. The van der Waals surface area contributed by atoms with Crippen LogP contribution in [0.1, 0.15) is 23.2 Å². The lowest BCUT2D eigenvalue weighted by atomic mass is 9.96. The lowest BCUT2D eigenvalue weighted by Gasteiger charge is -2.25. The molecule has 11 nitrogen and oxygen atoms in total. The Morgan fingerprint density at radius 2 is 1.85 bits per heavy atom. The predicted molar refractivity (Wildman–Crippen MR) is 142 cm³/mol. The van der Waals surface area contributed by atoms with E-state index < -0.39 is 54.7 Å². The molecule has 1 fully saturated rings. The van der Waals surface area contributed by atoms with Gasteiger partial charge in [0.05, 0.1) is 27.3 Å². The van der Waals surface area contributed by atoms with Crippen LogP contribution in [0, 0.1) is 5.92 Å². The maximum absolute atomic E-state index is 13.1. The number of carbonyl (C=O) groups is 5. The van der Waals surface area contributed by atoms with Crippen LogP contribution in [-0.4, -0.2) is 67.9 Å². The molecule has 2 aliphatic heterocycles. The van der Waals surface area contributed by atoms with Gasteiger partial charge in [-0.25, -0.2) is 4.79 Å². The third-order valence-corrected chi connectivity index (χ3v) is 7.01. The summed E-state index contributed by atoms with van der Waals surface area (Å²) in [6, 6.07) is 8.94. The van der Waals surface area contributed by atoms with E-state index in [-0.39, 0.29) is 34.5 Å². The molecule has 1 saturated heterocycles. The van der Waals surface area contributed by atoms with Crippen LogP contribution in [0.3, 0.4) is 0 Å². The maximum atomic E-state index is 13.1. The summed E-state index contributed by atoms with van der Waals surface area (Å²) < 4.78 is 10.7. The molecule has 0 aliphatic carbocycles. The summed E-state index contributed by atoms with van der Waals surface area (Å²) in [5.41, 5.74) is 6.18. The van der Waals surface area contributed by atoms with Gasteiger partial charge in [-0.15, -0.1) is 0 Å². The van der Waals surface area contributed by atoms with Crippen LogP contribution in [0.15, 0.2) is 42.5 Å². The van der Waals surface area contributed by atoms with Crippen molar-refractivity contribution in [1.82, 2.24) is 10.6 Å². The number of hydrogen-bond acceptors (Lipinski definition) is 8. The minimum absolute atomic E-state index is 0.0199. The Morgan fingerprint density at radius 3 is 2.54 bits per heavy atom. The Kier molecular flexibility index (Phi) is 9.05. The van der Waals surface area contributed by atoms with E-state index in [2.05, 4.69) is 10.6 Å². The highest BCUT2D eigenvalue weighted by atomic mass is 35.5. The first-order valence-corrected chi connectivity index (χ1v) is 12.9. The van der Waals surface area contributed by atoms with E-state index in [0.29, 0.717) is 24.4 Å². The summed E-state index contributed by atoms with van der Waals surface area (Å²) in [5.74, 6) is -3.17. The van der Waals surface area contributed by atoms with Crippen LogP contribution in [0.4, 0.5) is 5.69 Å². The Labute approximate surface area is 233 Å². The number of para-hydroxylation sites is 2. The van der Waals surface area contributed by atoms with Crippen LogP contribution >= 0.6 is 23.2 Å². The first-order valence-electron chi connectivity index (χ1n) is 12.2. The highest BCUT2D eigenvalue weighted by Gasteiger charge is 2.34. The van der Waals surface area contributed by atoms with Crippen LogP contribution in [0.5, 0.6) is 5.75 Å². The van der Waals surface area contributed by atoms with Crippen molar-refractivity contribution in [3.8, 4) is 5.75 Å². The number of nitrogens with one attached hydrogen (secondary N) is 2. The maximum Gasteiger partial charge on any atom is 0.341 e. The number of fused-ring (bicyclic) bond motifs is 1. The van der Waals surface area contributed by atoms with Gasteiger partial charge in [-0.2, -0.15) is 0 Å². The molecular formula is C26H26Cl2N4O7. The lowest BCUT2D eigenvalue weighted by molar-refractivity contribution is -0.130. The van der Waals surface area contributed by atoms with Crippen molar-refractivity contribution in [2.75, 3.05) is 31.2 Å². The second kappa shape index (κ2) is 12.5. The summed E-state index contributed by atoms with van der Waals surface area (Å²) in [4.78, 5) is 65.1. The molecule has 3 atom stereocenters. The molecule has 0 spiro atoms. The quantitative estimate of drug-likeness (QED) is 0.379. The van der Waals surface area contributed by atoms with Crippen LogP contribution < -0.4 is 26.0 Å². The number of ether oxygens (including phenoxy) is 2. The monoisotopic (exact) mass is 576 g/mol. The average molecular weight is 577 g/mol. The molecule has 206 valence electrons. The van der Waals surface area contributed by atoms with Gasteiger partial charge in [0.15, 0.2) is 12.4 Å². The molecule has 0 radical (unpaired) electrons. The predicted octanol–water partition coefficient (Wildman–Crippen LogP) is 1.48. The number of ketones is 1. The number of amides is 3. The molecule has 3 amide bonds. The number of rotatable bonds is 9. The van der Waals surface area contributed by atoms with Crippen molar-refractivity contribution in [3.05, 3.63) is 58.1 Å². The molecule has 2 heterocycles. The van der Waals surface area contributed by atoms with E-state index in [0.717, 1.165) is 0 Å². The second-order valence-corrected chi connectivity index (χ2v) is 9.90. The topological polar surface area (TPSA) is 157 Å². The van der Waals surface area contributed by atoms with Crippen molar-refractivity contribution in [2.45, 2.75) is 24.9 Å². The van der Waals surface area contributed by atoms with Gasteiger partial charge < -0.3 is 25.8 Å². The zero-order valence-electron chi connectivity index (χ0n) is 20.7. The molecule has 0 aromatic heterocycles. The molecule has 2 aromatic carbocycles. The van der Waals surface area contributed by atoms with E-state index in [1.807, 2.05) is 0 Å². The van der Waals surface area contributed by atoms with Gasteiger partial charge >= 0.3 is 5.97 Å². The Hall–Kier alpha value is -3.67. The number of carbonyl (C=O) groups excluding carboxylic acids is 5. The fourth-order valence-corrected chi connectivity index (χ4v) is 4.90. The molecule has 2 aromatic rings. The minimum atomic E-state index is -1.18. The standard InChI is InChI=1S/C26H26Cl2N4O7/c27-15-4-3-5-16(28)23(15)26(37)39-13-20(33)18(10-14-8-9-30-24(14)35)31-22(34)11-32-19-6-1-2-7-21(19)38-12-17(29)25(32)36/h1-7,14,17-18H,8-13,29H2,(H,30,35)(H,31,34)/t14-,17-,18-/m0/s1. The highest BCUT2D eigenvalue weighted by molar-refractivity contribution is 6.39. The summed E-state index contributed by atoms with van der Waals surface area (Å²) in [7, 11) is 0. The van der Waals surface area contributed by atoms with E-state index in [1.165, 1.54) is 17.0 Å². The Balaban J connectivity index is 1.48. The number of nitrogens with zero attached hydrogens (tertiary/aromatic N) is 1. The number of esters is 1. The zero-order valence-corrected chi connectivity index (χ0v) is 22.2. The van der Waals surface area contributed by atoms with Gasteiger partial charge in [0, 0.05) is 12.5 Å². The first-order chi connectivity index (χ1) is 18.7. The van der Waals surface area contributed by atoms with Crippen LogP contribution in [0.25, 0.3) is 0 Å². The Morgan fingerprint density at radius 1 is 1.13 bits per heavy atom. The molecule has 4 rings (SSSR count). The summed E-state index contributed by atoms with van der Waals surface area (Å²) in [5, 5.41) is 5.39. The smallest absolute Gasteiger partial charge is 0.341 e. The van der Waals surface area contributed by atoms with Gasteiger partial charge in [-0.3, -0.25) is 24.1 Å². The van der Waals surface area contributed by atoms with Crippen molar-refractivity contribution in [2.24, 2.45) is 11.7 Å². The van der Waals surface area contributed by atoms with E-state index in [9.17, 15) is 24.0 Å². The zero-order chi connectivity index (χ0) is 28.1. The fraction of sp³-hybridized carbons (Fsp3) is 0.346. The second-order valence-electron chi connectivity index (χ2n) is 9.08. The molecular weight excluding hydrogens is 551 g/mol. The van der Waals surface area contributed by atoms with E-state index in [4.69, 9.17) is 38.4 Å². The molecule has 39 heavy (non-hydrogen) atoms. The van der Waals surface area contributed by atoms with Crippen molar-refractivity contribution in [1.29, 1.82) is 0 Å². The van der Waals surface area contributed by atoms with Gasteiger partial charge in [0.1, 0.15) is 24.9 Å². The molecule has 0 unspecified atom stereocenters. The van der Waals surface area contributed by atoms with Crippen LogP contribution in [-0.2, 0) is 23.9 Å². The summed E-state index contributed by atoms with van der Waals surface area (Å²) in [6.07, 6.45) is 0.450. The highest BCUT2D eigenvalue weighted by Crippen LogP contribution is 2.30. The van der Waals surface area contributed by atoms with E-state index >= 15 is 0 Å². The van der Waals surface area contributed by atoms with Crippen molar-refractivity contribution in [3.63, 3.8) is 0 Å². The Bertz CT molecular complexity index is 1280. The van der Waals surface area contributed by atoms with Crippen molar-refractivity contribution < 1.29 is 33.4 Å². The third-order valence-electron chi connectivity index (χ3n) is 6.38. The molecule has 13 heteroatoms. The van der Waals surface area contributed by atoms with E-state index in [1.54, 1.807) is 30.3 Å². The largest absolute Gasteiger partial charge is 0.489 e. The lowest BCUT2D eigenvalue weighted by Crippen LogP contribution is -2.52. The average Bonchev–Trinajstić information content (AvgIpc) is 3.27. The fourth-order valence-electron chi connectivity index (χ4n) is 4.35. The number of halogens is 2. The van der Waals surface area contributed by atoms with Gasteiger partial charge in [0.2, 0.25) is 17.7 Å².